The Kier molecular flexibility index (Phi) is 3.85. The first-order valence-corrected chi connectivity index (χ1v) is 9.93. The molecule has 27 heavy (non-hydrogen) atoms. The Morgan fingerprint density at radius 1 is 1.15 bits per heavy atom. The first kappa shape index (κ1) is 16.6. The number of nitro benzene ring substituents is 1. The van der Waals surface area contributed by atoms with Gasteiger partial charge in [0.1, 0.15) is 5.75 Å². The van der Waals surface area contributed by atoms with Gasteiger partial charge in [-0.1, -0.05) is 12.1 Å². The monoisotopic (exact) mass is 364 g/mol. The van der Waals surface area contributed by atoms with Crippen molar-refractivity contribution in [1.29, 1.82) is 0 Å². The number of fused-ring (bicyclic) bond motifs is 7. The van der Waals surface area contributed by atoms with Crippen molar-refractivity contribution in [2.24, 2.45) is 17.8 Å². The second-order valence-corrected chi connectivity index (χ2v) is 8.09. The van der Waals surface area contributed by atoms with E-state index < -0.39 is 0 Å². The molecule has 3 aliphatic rings. The molecule has 0 aromatic heterocycles. The normalized spacial score (nSPS) is 30.3. The highest BCUT2D eigenvalue weighted by molar-refractivity contribution is 5.62. The topological polar surface area (TPSA) is 64.4 Å². The van der Waals surface area contributed by atoms with Crippen LogP contribution in [-0.4, -0.2) is 11.5 Å². The molecule has 2 saturated carbocycles. The minimum atomic E-state index is -0.277. The minimum Gasteiger partial charge on any atom is -0.494 e. The van der Waals surface area contributed by atoms with Crippen LogP contribution in [0.1, 0.15) is 49.3 Å². The van der Waals surface area contributed by atoms with Crippen molar-refractivity contribution in [3.05, 3.63) is 63.7 Å². The second-order valence-electron chi connectivity index (χ2n) is 8.09. The van der Waals surface area contributed by atoms with Crippen molar-refractivity contribution in [2.75, 3.05) is 11.9 Å². The van der Waals surface area contributed by atoms with Crippen molar-refractivity contribution < 1.29 is 9.66 Å². The fraction of sp³-hybridized carbons (Fsp3) is 0.455. The number of non-ortho nitro benzene ring substituents is 1. The highest BCUT2D eigenvalue weighted by Gasteiger charge is 2.54. The van der Waals surface area contributed by atoms with Crippen LogP contribution in [0.3, 0.4) is 0 Å². The van der Waals surface area contributed by atoms with Crippen molar-refractivity contribution >= 4 is 11.4 Å². The van der Waals surface area contributed by atoms with Crippen LogP contribution in [0.4, 0.5) is 11.4 Å². The van der Waals surface area contributed by atoms with Gasteiger partial charge in [-0.25, -0.2) is 0 Å². The smallest absolute Gasteiger partial charge is 0.269 e. The van der Waals surface area contributed by atoms with E-state index in [1.54, 1.807) is 6.07 Å². The lowest BCUT2D eigenvalue weighted by Crippen LogP contribution is -2.35. The van der Waals surface area contributed by atoms with Crippen LogP contribution in [0.15, 0.2) is 42.5 Å². The summed E-state index contributed by atoms with van der Waals surface area (Å²) in [4.78, 5) is 11.0. The molecule has 2 aliphatic carbocycles. The van der Waals surface area contributed by atoms with Gasteiger partial charge in [0, 0.05) is 17.8 Å². The van der Waals surface area contributed by atoms with Crippen LogP contribution in [0, 0.1) is 27.9 Å². The van der Waals surface area contributed by atoms with E-state index in [1.807, 2.05) is 31.2 Å². The van der Waals surface area contributed by atoms with Crippen LogP contribution in [0.5, 0.6) is 5.75 Å². The van der Waals surface area contributed by atoms with Crippen molar-refractivity contribution in [3.63, 3.8) is 0 Å². The molecule has 1 N–H and O–H groups in total. The van der Waals surface area contributed by atoms with Crippen LogP contribution >= 0.6 is 0 Å². The number of nitrogens with one attached hydrogen (secondary N) is 1. The Bertz CT molecular complexity index is 880. The summed E-state index contributed by atoms with van der Waals surface area (Å²) in [5.41, 5.74) is 3.71. The highest BCUT2D eigenvalue weighted by Crippen LogP contribution is 2.63. The van der Waals surface area contributed by atoms with E-state index in [1.165, 1.54) is 24.8 Å². The van der Waals surface area contributed by atoms with E-state index in [0.29, 0.717) is 30.3 Å². The van der Waals surface area contributed by atoms with E-state index in [-0.39, 0.29) is 16.7 Å². The standard InChI is InChI=1S/C22H24N2O3/c1-2-27-17-8-5-13(6-9-17)22-21-15-4-3-14(11-15)20(21)18-12-16(24(25)26)7-10-19(18)23-22/h5-10,12,14-15,20-23H,2-4,11H2,1H3/t14-,15+,20-,21+,22+/m1/s1. The van der Waals surface area contributed by atoms with Crippen molar-refractivity contribution in [3.8, 4) is 5.75 Å². The third-order valence-electron chi connectivity index (χ3n) is 6.83. The first-order chi connectivity index (χ1) is 13.2. The van der Waals surface area contributed by atoms with E-state index in [4.69, 9.17) is 4.74 Å². The maximum Gasteiger partial charge on any atom is 0.269 e. The highest BCUT2D eigenvalue weighted by atomic mass is 16.6. The Balaban J connectivity index is 1.55. The summed E-state index contributed by atoms with van der Waals surface area (Å²) in [7, 11) is 0. The van der Waals surface area contributed by atoms with Gasteiger partial charge in [-0.3, -0.25) is 10.1 Å². The van der Waals surface area contributed by atoms with Crippen LogP contribution < -0.4 is 10.1 Å². The van der Waals surface area contributed by atoms with Gasteiger partial charge in [-0.2, -0.15) is 0 Å². The zero-order valence-corrected chi connectivity index (χ0v) is 15.4. The molecule has 0 amide bonds. The number of benzene rings is 2. The van der Waals surface area contributed by atoms with E-state index >= 15 is 0 Å². The lowest BCUT2D eigenvalue weighted by molar-refractivity contribution is -0.384. The zero-order chi connectivity index (χ0) is 18.5. The fourth-order valence-electron chi connectivity index (χ4n) is 5.86. The molecule has 5 rings (SSSR count). The molecule has 2 fully saturated rings. The Morgan fingerprint density at radius 2 is 1.93 bits per heavy atom. The van der Waals surface area contributed by atoms with Gasteiger partial charge in [-0.15, -0.1) is 0 Å². The number of nitrogens with zero attached hydrogens (tertiary/aromatic N) is 1. The molecule has 5 nitrogen and oxygen atoms in total. The van der Waals surface area contributed by atoms with Gasteiger partial charge in [0.25, 0.3) is 5.69 Å². The molecule has 2 bridgehead atoms. The van der Waals surface area contributed by atoms with Gasteiger partial charge in [-0.05, 0) is 79.2 Å². The number of rotatable bonds is 4. The van der Waals surface area contributed by atoms with Crippen LogP contribution in [0.25, 0.3) is 0 Å². The average Bonchev–Trinajstić information content (AvgIpc) is 3.30. The number of hydrogen-bond acceptors (Lipinski definition) is 4. The maximum absolute atomic E-state index is 11.3. The van der Waals surface area contributed by atoms with Crippen molar-refractivity contribution in [1.82, 2.24) is 0 Å². The third-order valence-corrected chi connectivity index (χ3v) is 6.83. The van der Waals surface area contributed by atoms with E-state index in [9.17, 15) is 10.1 Å². The Morgan fingerprint density at radius 3 is 2.67 bits per heavy atom. The lowest BCUT2D eigenvalue weighted by Gasteiger charge is -2.43. The SMILES string of the molecule is CCOc1ccc([C@@H]2Nc3ccc([N+](=O)[O-])cc3[C@H]3[C@@H]4CC[C@@H](C4)[C@@H]32)cc1. The van der Waals surface area contributed by atoms with Gasteiger partial charge >= 0.3 is 0 Å². The zero-order valence-electron chi connectivity index (χ0n) is 15.4. The Labute approximate surface area is 158 Å². The van der Waals surface area contributed by atoms with Gasteiger partial charge in [0.2, 0.25) is 0 Å². The summed E-state index contributed by atoms with van der Waals surface area (Å²) < 4.78 is 5.59. The molecule has 140 valence electrons. The molecule has 0 radical (unpaired) electrons. The quantitative estimate of drug-likeness (QED) is 0.591. The fourth-order valence-corrected chi connectivity index (χ4v) is 5.86. The van der Waals surface area contributed by atoms with Crippen molar-refractivity contribution in [2.45, 2.75) is 38.1 Å². The summed E-state index contributed by atoms with van der Waals surface area (Å²) in [5.74, 6) is 3.20. The molecule has 0 spiro atoms. The van der Waals surface area contributed by atoms with E-state index in [2.05, 4.69) is 17.4 Å². The third kappa shape index (κ3) is 2.59. The van der Waals surface area contributed by atoms with Gasteiger partial charge in [0.15, 0.2) is 0 Å². The average molecular weight is 364 g/mol. The summed E-state index contributed by atoms with van der Waals surface area (Å²) in [6, 6.07) is 14.0. The number of hydrogen-bond donors (Lipinski definition) is 1. The van der Waals surface area contributed by atoms with Crippen LogP contribution in [0.2, 0.25) is 0 Å². The number of ether oxygens (including phenoxy) is 1. The summed E-state index contributed by atoms with van der Waals surface area (Å²) in [6.07, 6.45) is 3.79. The first-order valence-electron chi connectivity index (χ1n) is 9.93. The lowest BCUT2D eigenvalue weighted by atomic mass is 9.68. The molecule has 1 aliphatic heterocycles. The Hall–Kier alpha value is -2.56. The van der Waals surface area contributed by atoms with Gasteiger partial charge < -0.3 is 10.1 Å². The summed E-state index contributed by atoms with van der Waals surface area (Å²) >= 11 is 0. The molecule has 5 atom stereocenters. The minimum absolute atomic E-state index is 0.205. The molecule has 5 heteroatoms. The summed E-state index contributed by atoms with van der Waals surface area (Å²) in [6.45, 7) is 2.66. The molecular formula is C22H24N2O3. The molecule has 0 saturated heterocycles. The largest absolute Gasteiger partial charge is 0.494 e. The number of nitro groups is 1. The molecular weight excluding hydrogens is 340 g/mol. The van der Waals surface area contributed by atoms with E-state index in [0.717, 1.165) is 17.0 Å². The molecule has 2 aromatic rings. The molecule has 0 unspecified atom stereocenters. The summed E-state index contributed by atoms with van der Waals surface area (Å²) in [5, 5.41) is 15.0. The van der Waals surface area contributed by atoms with Crippen LogP contribution in [-0.2, 0) is 0 Å². The second kappa shape index (κ2) is 6.25. The molecule has 2 aromatic carbocycles. The number of anilines is 1. The predicted octanol–water partition coefficient (Wildman–Crippen LogP) is 5.29. The molecule has 1 heterocycles. The maximum atomic E-state index is 11.3. The predicted molar refractivity (Wildman–Crippen MR) is 104 cm³/mol. The van der Waals surface area contributed by atoms with Gasteiger partial charge in [0.05, 0.1) is 17.6 Å².